The van der Waals surface area contributed by atoms with Crippen LogP contribution in [0.1, 0.15) is 17.8 Å². The number of hydrogen-bond acceptors (Lipinski definition) is 7. The van der Waals surface area contributed by atoms with Crippen LogP contribution in [0.5, 0.6) is 0 Å². The number of nitro benzene ring substituents is 1. The van der Waals surface area contributed by atoms with Crippen LogP contribution in [0.3, 0.4) is 0 Å². The van der Waals surface area contributed by atoms with Crippen molar-refractivity contribution in [2.75, 3.05) is 0 Å². The Kier molecular flexibility index (Phi) is 4.71. The van der Waals surface area contributed by atoms with E-state index in [0.717, 1.165) is 5.57 Å². The van der Waals surface area contributed by atoms with Gasteiger partial charge >= 0.3 is 0 Å². The minimum absolute atomic E-state index is 0.0646. The minimum Gasteiger partial charge on any atom is -0.397 e. The standard InChI is InChI=1S/C16H12ClN5O3/c17-13-4-3-12(22(23)24)7-11(13)8-19-15-6-2-10(1-5-14(15)18)16-20-9-25-21-16/h1,3-9H,2,18H2. The molecule has 0 bridgehead atoms. The molecule has 0 unspecified atom stereocenters. The number of nitrogens with zero attached hydrogens (tertiary/aromatic N) is 4. The number of halogens is 1. The molecule has 0 fully saturated rings. The highest BCUT2D eigenvalue weighted by molar-refractivity contribution is 6.33. The molecular weight excluding hydrogens is 346 g/mol. The van der Waals surface area contributed by atoms with Crippen molar-refractivity contribution in [2.24, 2.45) is 10.7 Å². The molecule has 1 heterocycles. The molecule has 0 atom stereocenters. The summed E-state index contributed by atoms with van der Waals surface area (Å²) in [6.45, 7) is 0. The number of aliphatic imine (C=N–C) groups is 1. The maximum Gasteiger partial charge on any atom is 0.270 e. The maximum atomic E-state index is 10.9. The van der Waals surface area contributed by atoms with E-state index in [2.05, 4.69) is 15.1 Å². The average Bonchev–Trinajstić information content (AvgIpc) is 3.06. The van der Waals surface area contributed by atoms with Gasteiger partial charge in [0.1, 0.15) is 0 Å². The lowest BCUT2D eigenvalue weighted by Crippen LogP contribution is -1.99. The summed E-state index contributed by atoms with van der Waals surface area (Å²) in [7, 11) is 0. The molecular formula is C16H12ClN5O3. The molecule has 25 heavy (non-hydrogen) atoms. The normalized spacial score (nSPS) is 14.7. The number of non-ortho nitro benzene ring substituents is 1. The van der Waals surface area contributed by atoms with Crippen molar-refractivity contribution >= 4 is 29.1 Å². The third-order valence-corrected chi connectivity index (χ3v) is 3.80. The molecule has 0 radical (unpaired) electrons. The molecule has 0 spiro atoms. The van der Waals surface area contributed by atoms with Gasteiger partial charge in [0.2, 0.25) is 6.39 Å². The van der Waals surface area contributed by atoms with E-state index in [1.165, 1.54) is 30.8 Å². The van der Waals surface area contributed by atoms with E-state index in [0.29, 0.717) is 34.2 Å². The summed E-state index contributed by atoms with van der Waals surface area (Å²) in [6, 6.07) is 4.14. The molecule has 3 rings (SSSR count). The fourth-order valence-electron chi connectivity index (χ4n) is 2.16. The molecule has 9 heteroatoms. The molecule has 2 aromatic rings. The van der Waals surface area contributed by atoms with Crippen molar-refractivity contribution in [2.45, 2.75) is 6.42 Å². The number of aromatic nitrogens is 2. The number of hydrogen-bond donors (Lipinski definition) is 1. The number of rotatable bonds is 4. The van der Waals surface area contributed by atoms with Crippen LogP contribution in [0.25, 0.3) is 5.57 Å². The van der Waals surface area contributed by atoms with Gasteiger partial charge in [-0.3, -0.25) is 15.1 Å². The van der Waals surface area contributed by atoms with Gasteiger partial charge in [0.25, 0.3) is 5.69 Å². The van der Waals surface area contributed by atoms with Crippen LogP contribution in [0.4, 0.5) is 5.69 Å². The molecule has 1 aromatic carbocycles. The smallest absolute Gasteiger partial charge is 0.270 e. The Morgan fingerprint density at radius 3 is 2.96 bits per heavy atom. The van der Waals surface area contributed by atoms with E-state index in [9.17, 15) is 10.1 Å². The predicted molar refractivity (Wildman–Crippen MR) is 92.9 cm³/mol. The monoisotopic (exact) mass is 357 g/mol. The van der Waals surface area contributed by atoms with Crippen molar-refractivity contribution in [3.8, 4) is 0 Å². The highest BCUT2D eigenvalue weighted by Crippen LogP contribution is 2.24. The second kappa shape index (κ2) is 7.10. The maximum absolute atomic E-state index is 10.9. The van der Waals surface area contributed by atoms with Crippen LogP contribution in [0.2, 0.25) is 5.02 Å². The fourth-order valence-corrected chi connectivity index (χ4v) is 2.32. The van der Waals surface area contributed by atoms with Crippen molar-refractivity contribution in [3.05, 3.63) is 80.7 Å². The molecule has 0 amide bonds. The van der Waals surface area contributed by atoms with Gasteiger partial charge in [-0.2, -0.15) is 4.98 Å². The first-order chi connectivity index (χ1) is 12.0. The lowest BCUT2D eigenvalue weighted by Gasteiger charge is -2.01. The molecule has 0 aliphatic heterocycles. The first-order valence-electron chi connectivity index (χ1n) is 7.16. The number of allylic oxidation sites excluding steroid dienone is 4. The third kappa shape index (κ3) is 3.81. The average molecular weight is 358 g/mol. The van der Waals surface area contributed by atoms with E-state index < -0.39 is 4.92 Å². The van der Waals surface area contributed by atoms with E-state index >= 15 is 0 Å². The third-order valence-electron chi connectivity index (χ3n) is 3.46. The zero-order valence-corrected chi connectivity index (χ0v) is 13.6. The molecule has 1 aliphatic carbocycles. The summed E-state index contributed by atoms with van der Waals surface area (Å²) < 4.78 is 4.74. The zero-order valence-electron chi connectivity index (χ0n) is 12.8. The summed E-state index contributed by atoms with van der Waals surface area (Å²) in [5, 5.41) is 15.0. The van der Waals surface area contributed by atoms with E-state index in [-0.39, 0.29) is 5.69 Å². The summed E-state index contributed by atoms with van der Waals surface area (Å²) in [4.78, 5) is 18.7. The minimum atomic E-state index is -0.492. The van der Waals surface area contributed by atoms with E-state index in [1.807, 2.05) is 6.08 Å². The first-order valence-corrected chi connectivity index (χ1v) is 7.54. The second-order valence-corrected chi connectivity index (χ2v) is 5.49. The zero-order chi connectivity index (χ0) is 17.8. The molecule has 1 aromatic heterocycles. The Balaban J connectivity index is 1.85. The summed E-state index contributed by atoms with van der Waals surface area (Å²) >= 11 is 6.06. The largest absolute Gasteiger partial charge is 0.397 e. The summed E-state index contributed by atoms with van der Waals surface area (Å²) in [5.41, 5.74) is 8.17. The van der Waals surface area contributed by atoms with Crippen LogP contribution in [0, 0.1) is 10.1 Å². The van der Waals surface area contributed by atoms with Gasteiger partial charge in [0.15, 0.2) is 5.82 Å². The van der Waals surface area contributed by atoms with Crippen LogP contribution in [0.15, 0.2) is 63.7 Å². The van der Waals surface area contributed by atoms with E-state index in [1.54, 1.807) is 12.2 Å². The fraction of sp³-hybridized carbons (Fsp3) is 0.0625. The lowest BCUT2D eigenvalue weighted by atomic mass is 10.1. The van der Waals surface area contributed by atoms with Gasteiger partial charge < -0.3 is 10.3 Å². The highest BCUT2D eigenvalue weighted by Gasteiger charge is 2.11. The van der Waals surface area contributed by atoms with Crippen molar-refractivity contribution in [1.29, 1.82) is 0 Å². The van der Waals surface area contributed by atoms with Gasteiger partial charge in [-0.1, -0.05) is 28.9 Å². The highest BCUT2D eigenvalue weighted by atomic mass is 35.5. The molecule has 0 saturated carbocycles. The molecule has 0 saturated heterocycles. The van der Waals surface area contributed by atoms with Gasteiger partial charge in [-0.05, 0) is 18.6 Å². The second-order valence-electron chi connectivity index (χ2n) is 5.08. The van der Waals surface area contributed by atoms with Crippen molar-refractivity contribution in [3.63, 3.8) is 0 Å². The first kappa shape index (κ1) is 16.6. The molecule has 2 N–H and O–H groups in total. The molecule has 126 valence electrons. The Morgan fingerprint density at radius 1 is 1.40 bits per heavy atom. The Hall–Kier alpha value is -3.26. The Bertz CT molecular complexity index is 929. The van der Waals surface area contributed by atoms with Crippen molar-refractivity contribution in [1.82, 2.24) is 10.1 Å². The van der Waals surface area contributed by atoms with Gasteiger partial charge in [0, 0.05) is 34.5 Å². The topological polar surface area (TPSA) is 120 Å². The molecule has 8 nitrogen and oxygen atoms in total. The SMILES string of the molecule is NC1=CC=C(c2ncon2)CC=C1N=Cc1cc([N+](=O)[O-])ccc1Cl. The summed E-state index contributed by atoms with van der Waals surface area (Å²) in [6.07, 6.45) is 8.49. The molecule has 1 aliphatic rings. The van der Waals surface area contributed by atoms with Gasteiger partial charge in [-0.15, -0.1) is 0 Å². The summed E-state index contributed by atoms with van der Waals surface area (Å²) in [5.74, 6) is 0.479. The van der Waals surface area contributed by atoms with Crippen molar-refractivity contribution < 1.29 is 9.45 Å². The number of nitrogens with two attached hydrogens (primary N) is 1. The Labute approximate surface area is 147 Å². The number of benzene rings is 1. The van der Waals surface area contributed by atoms with Crippen LogP contribution in [-0.2, 0) is 0 Å². The predicted octanol–water partition coefficient (Wildman–Crippen LogP) is 3.26. The number of nitro groups is 1. The van der Waals surface area contributed by atoms with Gasteiger partial charge in [-0.25, -0.2) is 0 Å². The Morgan fingerprint density at radius 2 is 2.24 bits per heavy atom. The lowest BCUT2D eigenvalue weighted by molar-refractivity contribution is -0.384. The quantitative estimate of drug-likeness (QED) is 0.509. The van der Waals surface area contributed by atoms with E-state index in [4.69, 9.17) is 21.9 Å². The van der Waals surface area contributed by atoms with Gasteiger partial charge in [0.05, 0.1) is 16.3 Å². The van der Waals surface area contributed by atoms with Crippen LogP contribution >= 0.6 is 11.6 Å². The van der Waals surface area contributed by atoms with Crippen LogP contribution in [-0.4, -0.2) is 21.3 Å². The van der Waals surface area contributed by atoms with Crippen LogP contribution < -0.4 is 5.73 Å².